The molecule has 2 saturated heterocycles. The van der Waals surface area contributed by atoms with E-state index in [0.29, 0.717) is 5.91 Å². The molecule has 1 spiro atoms. The van der Waals surface area contributed by atoms with Gasteiger partial charge in [-0.1, -0.05) is 48.5 Å². The fourth-order valence-corrected chi connectivity index (χ4v) is 5.88. The van der Waals surface area contributed by atoms with E-state index in [9.17, 15) is 4.79 Å². The second kappa shape index (κ2) is 7.58. The summed E-state index contributed by atoms with van der Waals surface area (Å²) in [6.45, 7) is 6.48. The van der Waals surface area contributed by atoms with E-state index in [-0.39, 0.29) is 17.4 Å². The second-order valence-corrected chi connectivity index (χ2v) is 9.00. The van der Waals surface area contributed by atoms with Crippen molar-refractivity contribution in [2.45, 2.75) is 44.2 Å². The molecule has 2 N–H and O–H groups in total. The number of hydrogen-bond acceptors (Lipinski definition) is 3. The number of hydrogen-bond donors (Lipinski definition) is 2. The van der Waals surface area contributed by atoms with Gasteiger partial charge in [-0.2, -0.15) is 0 Å². The van der Waals surface area contributed by atoms with Crippen LogP contribution in [0.2, 0.25) is 0 Å². The molecule has 4 heteroatoms. The van der Waals surface area contributed by atoms with Crippen molar-refractivity contribution in [3.8, 4) is 0 Å². The number of aryl methyl sites for hydroxylation is 1. The van der Waals surface area contributed by atoms with Gasteiger partial charge in [0.15, 0.2) is 0 Å². The highest BCUT2D eigenvalue weighted by atomic mass is 16.2. The maximum atomic E-state index is 14.0. The molecule has 2 aromatic rings. The lowest BCUT2D eigenvalue weighted by Crippen LogP contribution is -2.54. The van der Waals surface area contributed by atoms with Crippen molar-refractivity contribution >= 4 is 5.91 Å². The van der Waals surface area contributed by atoms with Crippen LogP contribution < -0.4 is 10.6 Å². The summed E-state index contributed by atoms with van der Waals surface area (Å²) in [5, 5.41) is 7.21. The lowest BCUT2D eigenvalue weighted by Gasteiger charge is -2.44. The van der Waals surface area contributed by atoms with Crippen molar-refractivity contribution < 1.29 is 4.79 Å². The molecule has 0 saturated carbocycles. The van der Waals surface area contributed by atoms with Crippen molar-refractivity contribution in [1.29, 1.82) is 0 Å². The van der Waals surface area contributed by atoms with Gasteiger partial charge in [0.05, 0.1) is 12.0 Å². The van der Waals surface area contributed by atoms with Gasteiger partial charge in [0, 0.05) is 38.1 Å². The summed E-state index contributed by atoms with van der Waals surface area (Å²) in [4.78, 5) is 16.2. The lowest BCUT2D eigenvalue weighted by atomic mass is 9.67. The van der Waals surface area contributed by atoms with Gasteiger partial charge in [0.1, 0.15) is 0 Å². The zero-order valence-electron chi connectivity index (χ0n) is 17.3. The molecule has 0 aromatic heterocycles. The number of carbonyl (C=O) groups is 1. The molecule has 3 atom stereocenters. The van der Waals surface area contributed by atoms with Gasteiger partial charge in [-0.05, 0) is 48.4 Å². The van der Waals surface area contributed by atoms with Crippen LogP contribution >= 0.6 is 0 Å². The van der Waals surface area contributed by atoms with Gasteiger partial charge in [-0.3, -0.25) is 4.79 Å². The van der Waals surface area contributed by atoms with E-state index < -0.39 is 0 Å². The van der Waals surface area contributed by atoms with Crippen LogP contribution in [0.1, 0.15) is 47.6 Å². The van der Waals surface area contributed by atoms with Crippen LogP contribution in [0.15, 0.2) is 48.5 Å². The van der Waals surface area contributed by atoms with E-state index in [0.717, 1.165) is 45.6 Å². The van der Waals surface area contributed by atoms with Crippen LogP contribution in [-0.2, 0) is 16.8 Å². The molecule has 0 bridgehead atoms. The minimum absolute atomic E-state index is 0.0137. The van der Waals surface area contributed by atoms with Crippen LogP contribution in [0.3, 0.4) is 0 Å². The van der Waals surface area contributed by atoms with E-state index in [1.165, 1.54) is 28.7 Å². The highest BCUT2D eigenvalue weighted by Gasteiger charge is 2.52. The Kier molecular flexibility index (Phi) is 4.92. The Labute approximate surface area is 173 Å². The Balaban J connectivity index is 1.51. The van der Waals surface area contributed by atoms with Crippen LogP contribution in [0.5, 0.6) is 0 Å². The van der Waals surface area contributed by atoms with Gasteiger partial charge < -0.3 is 15.5 Å². The summed E-state index contributed by atoms with van der Waals surface area (Å²) >= 11 is 0. The summed E-state index contributed by atoms with van der Waals surface area (Å²) in [5.41, 5.74) is 5.23. The summed E-state index contributed by atoms with van der Waals surface area (Å²) in [5.74, 6) is 0.319. The molecule has 3 heterocycles. The van der Waals surface area contributed by atoms with Crippen molar-refractivity contribution in [2.24, 2.45) is 5.92 Å². The van der Waals surface area contributed by atoms with E-state index in [2.05, 4.69) is 71.0 Å². The number of amides is 1. The molecular formula is C25H31N3O. The zero-order valence-corrected chi connectivity index (χ0v) is 17.3. The number of nitrogens with zero attached hydrogens (tertiary/aromatic N) is 1. The summed E-state index contributed by atoms with van der Waals surface area (Å²) in [7, 11) is 0. The fraction of sp³-hybridized carbons (Fsp3) is 0.480. The Hall–Kier alpha value is -2.17. The van der Waals surface area contributed by atoms with Crippen LogP contribution in [0.4, 0.5) is 0 Å². The normalized spacial score (nSPS) is 29.1. The highest BCUT2D eigenvalue weighted by Crippen LogP contribution is 2.43. The predicted octanol–water partition coefficient (Wildman–Crippen LogP) is 3.31. The zero-order chi connectivity index (χ0) is 19.8. The number of carbonyl (C=O) groups excluding carboxylic acids is 1. The number of likely N-dealkylation sites (tertiary alicyclic amines) is 1. The number of fused-ring (bicyclic) bond motifs is 2. The van der Waals surface area contributed by atoms with Gasteiger partial charge in [0.25, 0.3) is 0 Å². The minimum Gasteiger partial charge on any atom is -0.335 e. The molecule has 0 radical (unpaired) electrons. The number of benzene rings is 2. The minimum atomic E-state index is -0.143. The monoisotopic (exact) mass is 389 g/mol. The van der Waals surface area contributed by atoms with Gasteiger partial charge in [-0.25, -0.2) is 0 Å². The molecule has 0 unspecified atom stereocenters. The van der Waals surface area contributed by atoms with Crippen molar-refractivity contribution in [1.82, 2.24) is 15.5 Å². The molecule has 2 fully saturated rings. The predicted molar refractivity (Wildman–Crippen MR) is 116 cm³/mol. The average molecular weight is 390 g/mol. The third-order valence-electron chi connectivity index (χ3n) is 7.41. The molecule has 5 rings (SSSR count). The summed E-state index contributed by atoms with van der Waals surface area (Å²) < 4.78 is 0. The molecule has 3 aliphatic heterocycles. The highest BCUT2D eigenvalue weighted by molar-refractivity contribution is 5.82. The van der Waals surface area contributed by atoms with Gasteiger partial charge in [0.2, 0.25) is 5.91 Å². The molecule has 0 aliphatic carbocycles. The SMILES string of the molecule is Cc1cccc2c1CNC[C@]21CNC[C@H]1C(=O)N1CCCC[C@H]1c1ccccc1. The Morgan fingerprint density at radius 1 is 1.03 bits per heavy atom. The van der Waals surface area contributed by atoms with Crippen LogP contribution in [0.25, 0.3) is 0 Å². The Morgan fingerprint density at radius 3 is 2.72 bits per heavy atom. The van der Waals surface area contributed by atoms with Crippen molar-refractivity contribution in [2.75, 3.05) is 26.2 Å². The summed E-state index contributed by atoms with van der Waals surface area (Å²) in [6, 6.07) is 17.4. The van der Waals surface area contributed by atoms with Crippen LogP contribution in [0, 0.1) is 12.8 Å². The molecule has 2 aromatic carbocycles. The number of piperidine rings is 1. The molecule has 152 valence electrons. The average Bonchev–Trinajstić information content (AvgIpc) is 3.19. The first-order chi connectivity index (χ1) is 14.2. The van der Waals surface area contributed by atoms with Crippen molar-refractivity contribution in [3.05, 3.63) is 70.8 Å². The Morgan fingerprint density at radius 2 is 1.86 bits per heavy atom. The first-order valence-electron chi connectivity index (χ1n) is 11.1. The molecular weight excluding hydrogens is 358 g/mol. The lowest BCUT2D eigenvalue weighted by molar-refractivity contribution is -0.140. The topological polar surface area (TPSA) is 44.4 Å². The Bertz CT molecular complexity index is 896. The molecule has 4 nitrogen and oxygen atoms in total. The fourth-order valence-electron chi connectivity index (χ4n) is 5.88. The van der Waals surface area contributed by atoms with Gasteiger partial charge >= 0.3 is 0 Å². The summed E-state index contributed by atoms with van der Waals surface area (Å²) in [6.07, 6.45) is 3.37. The standard InChI is InChI=1S/C25H31N3O/c1-18-8-7-11-21-20(18)14-26-16-25(21)17-27-15-22(25)24(29)28-13-6-5-12-23(28)19-9-3-2-4-10-19/h2-4,7-11,22-23,26-27H,5-6,12-17H2,1H3/t22-,23-,25-/m0/s1. The van der Waals surface area contributed by atoms with E-state index >= 15 is 0 Å². The largest absolute Gasteiger partial charge is 0.335 e. The maximum absolute atomic E-state index is 14.0. The molecule has 3 aliphatic rings. The first kappa shape index (κ1) is 18.8. The maximum Gasteiger partial charge on any atom is 0.228 e. The molecule has 29 heavy (non-hydrogen) atoms. The number of rotatable bonds is 2. The second-order valence-electron chi connectivity index (χ2n) is 9.00. The third kappa shape index (κ3) is 3.10. The third-order valence-corrected chi connectivity index (χ3v) is 7.41. The van der Waals surface area contributed by atoms with Gasteiger partial charge in [-0.15, -0.1) is 0 Å². The quantitative estimate of drug-likeness (QED) is 0.828. The van der Waals surface area contributed by atoms with E-state index in [1.807, 2.05) is 0 Å². The smallest absolute Gasteiger partial charge is 0.228 e. The first-order valence-corrected chi connectivity index (χ1v) is 11.1. The van der Waals surface area contributed by atoms with E-state index in [1.54, 1.807) is 0 Å². The van der Waals surface area contributed by atoms with Crippen molar-refractivity contribution in [3.63, 3.8) is 0 Å². The molecule has 1 amide bonds. The number of nitrogens with one attached hydrogen (secondary N) is 2. The van der Waals surface area contributed by atoms with E-state index in [4.69, 9.17) is 0 Å². The van der Waals surface area contributed by atoms with Crippen LogP contribution in [-0.4, -0.2) is 37.0 Å².